The maximum Gasteiger partial charge on any atom is 0.121 e. The summed E-state index contributed by atoms with van der Waals surface area (Å²) in [4.78, 5) is 0. The van der Waals surface area contributed by atoms with Gasteiger partial charge in [0.05, 0.1) is 11.9 Å². The summed E-state index contributed by atoms with van der Waals surface area (Å²) in [6.45, 7) is 4.56. The lowest BCUT2D eigenvalue weighted by Gasteiger charge is -2.08. The average Bonchev–Trinajstić information content (AvgIpc) is 2.69. The minimum Gasteiger partial charge on any atom is -0.507 e. The van der Waals surface area contributed by atoms with E-state index in [2.05, 4.69) is 10.4 Å². The van der Waals surface area contributed by atoms with E-state index in [1.165, 1.54) is 0 Å². The van der Waals surface area contributed by atoms with Crippen molar-refractivity contribution in [1.29, 1.82) is 0 Å². The Kier molecular flexibility index (Phi) is 3.04. The molecule has 1 heterocycles. The van der Waals surface area contributed by atoms with Crippen molar-refractivity contribution in [1.82, 2.24) is 9.78 Å². The fourth-order valence-electron chi connectivity index (χ4n) is 1.86. The average molecular weight is 231 g/mol. The van der Waals surface area contributed by atoms with E-state index in [4.69, 9.17) is 0 Å². The van der Waals surface area contributed by atoms with E-state index in [0.717, 1.165) is 28.9 Å². The number of phenolic OH excluding ortho intramolecular Hbond substituents is 1. The van der Waals surface area contributed by atoms with Crippen LogP contribution in [0.2, 0.25) is 0 Å². The van der Waals surface area contributed by atoms with E-state index in [1.54, 1.807) is 10.9 Å². The van der Waals surface area contributed by atoms with Gasteiger partial charge in [-0.2, -0.15) is 5.10 Å². The van der Waals surface area contributed by atoms with Gasteiger partial charge < -0.3 is 10.4 Å². The van der Waals surface area contributed by atoms with Gasteiger partial charge in [0.2, 0.25) is 0 Å². The molecule has 0 aliphatic heterocycles. The summed E-state index contributed by atoms with van der Waals surface area (Å²) in [5.74, 6) is 0.384. The summed E-state index contributed by atoms with van der Waals surface area (Å²) in [7, 11) is 1.89. The maximum absolute atomic E-state index is 9.69. The highest BCUT2D eigenvalue weighted by Gasteiger charge is 2.03. The molecule has 1 aromatic heterocycles. The molecule has 0 bridgehead atoms. The van der Waals surface area contributed by atoms with Crippen molar-refractivity contribution in [2.45, 2.75) is 20.4 Å². The standard InChI is InChI=1S/C13H17N3O/c1-9-4-11(5-10(2)13(9)17)6-14-12-7-15-16(3)8-12/h4-5,7-8,14,17H,6H2,1-3H3. The molecule has 2 aromatic rings. The Hall–Kier alpha value is -1.97. The van der Waals surface area contributed by atoms with Gasteiger partial charge in [0.25, 0.3) is 0 Å². The number of nitrogens with zero attached hydrogens (tertiary/aromatic N) is 2. The Morgan fingerprint density at radius 3 is 2.47 bits per heavy atom. The molecule has 2 rings (SSSR count). The second-order valence-corrected chi connectivity index (χ2v) is 4.33. The molecule has 0 saturated carbocycles. The zero-order chi connectivity index (χ0) is 12.4. The molecule has 90 valence electrons. The Balaban J connectivity index is 2.09. The normalized spacial score (nSPS) is 10.5. The number of hydrogen-bond acceptors (Lipinski definition) is 3. The van der Waals surface area contributed by atoms with Gasteiger partial charge in [0.15, 0.2) is 0 Å². The summed E-state index contributed by atoms with van der Waals surface area (Å²) in [5, 5.41) is 17.1. The third kappa shape index (κ3) is 2.58. The van der Waals surface area contributed by atoms with Crippen LogP contribution in [0, 0.1) is 13.8 Å². The Morgan fingerprint density at radius 2 is 1.94 bits per heavy atom. The molecular formula is C13H17N3O. The summed E-state index contributed by atoms with van der Waals surface area (Å²) in [5.41, 5.74) is 3.97. The molecular weight excluding hydrogens is 214 g/mol. The quantitative estimate of drug-likeness (QED) is 0.852. The van der Waals surface area contributed by atoms with E-state index < -0.39 is 0 Å². The predicted octanol–water partition coefficient (Wildman–Crippen LogP) is 2.35. The molecule has 0 aliphatic carbocycles. The lowest BCUT2D eigenvalue weighted by Crippen LogP contribution is -1.99. The topological polar surface area (TPSA) is 50.1 Å². The SMILES string of the molecule is Cc1cc(CNc2cnn(C)c2)cc(C)c1O. The van der Waals surface area contributed by atoms with Crippen LogP contribution in [-0.2, 0) is 13.6 Å². The number of benzene rings is 1. The highest BCUT2D eigenvalue weighted by Crippen LogP contribution is 2.23. The minimum atomic E-state index is 0.384. The highest BCUT2D eigenvalue weighted by atomic mass is 16.3. The van der Waals surface area contributed by atoms with Gasteiger partial charge >= 0.3 is 0 Å². The van der Waals surface area contributed by atoms with Gasteiger partial charge in [0, 0.05) is 19.8 Å². The number of aryl methyl sites for hydroxylation is 3. The largest absolute Gasteiger partial charge is 0.507 e. The number of rotatable bonds is 3. The molecule has 0 amide bonds. The van der Waals surface area contributed by atoms with Gasteiger partial charge in [-0.3, -0.25) is 4.68 Å². The first-order valence-corrected chi connectivity index (χ1v) is 5.58. The van der Waals surface area contributed by atoms with Crippen molar-refractivity contribution >= 4 is 5.69 Å². The van der Waals surface area contributed by atoms with Crippen LogP contribution in [0.15, 0.2) is 24.5 Å². The van der Waals surface area contributed by atoms with Crippen LogP contribution in [0.5, 0.6) is 5.75 Å². The molecule has 0 saturated heterocycles. The summed E-state index contributed by atoms with van der Waals surface area (Å²) in [6, 6.07) is 3.98. The number of aromatic hydroxyl groups is 1. The van der Waals surface area contributed by atoms with Crippen molar-refractivity contribution in [2.24, 2.45) is 7.05 Å². The van der Waals surface area contributed by atoms with E-state index in [0.29, 0.717) is 5.75 Å². The molecule has 0 aliphatic rings. The molecule has 0 fully saturated rings. The Labute approximate surface area is 101 Å². The van der Waals surface area contributed by atoms with Crippen LogP contribution in [0.3, 0.4) is 0 Å². The van der Waals surface area contributed by atoms with E-state index >= 15 is 0 Å². The number of anilines is 1. The maximum atomic E-state index is 9.69. The zero-order valence-corrected chi connectivity index (χ0v) is 10.4. The lowest BCUT2D eigenvalue weighted by atomic mass is 10.1. The molecule has 0 unspecified atom stereocenters. The number of phenols is 1. The van der Waals surface area contributed by atoms with Gasteiger partial charge in [0.1, 0.15) is 5.75 Å². The van der Waals surface area contributed by atoms with Crippen molar-refractivity contribution < 1.29 is 5.11 Å². The molecule has 1 aromatic carbocycles. The lowest BCUT2D eigenvalue weighted by molar-refractivity contribution is 0.466. The molecule has 4 heteroatoms. The fraction of sp³-hybridized carbons (Fsp3) is 0.308. The zero-order valence-electron chi connectivity index (χ0n) is 10.4. The summed E-state index contributed by atoms with van der Waals surface area (Å²) >= 11 is 0. The second kappa shape index (κ2) is 4.49. The van der Waals surface area contributed by atoms with Crippen LogP contribution in [-0.4, -0.2) is 14.9 Å². The summed E-state index contributed by atoms with van der Waals surface area (Å²) in [6.07, 6.45) is 3.72. The van der Waals surface area contributed by atoms with Gasteiger partial charge in [-0.05, 0) is 30.5 Å². The van der Waals surface area contributed by atoms with Gasteiger partial charge in [-0.15, -0.1) is 0 Å². The fourth-order valence-corrected chi connectivity index (χ4v) is 1.86. The van der Waals surface area contributed by atoms with E-state index in [1.807, 2.05) is 39.2 Å². The third-order valence-electron chi connectivity index (χ3n) is 2.75. The van der Waals surface area contributed by atoms with Crippen molar-refractivity contribution in [3.8, 4) is 5.75 Å². The van der Waals surface area contributed by atoms with Crippen LogP contribution in [0.25, 0.3) is 0 Å². The molecule has 0 radical (unpaired) electrons. The second-order valence-electron chi connectivity index (χ2n) is 4.33. The minimum absolute atomic E-state index is 0.384. The first kappa shape index (κ1) is 11.5. The van der Waals surface area contributed by atoms with E-state index in [-0.39, 0.29) is 0 Å². The molecule has 0 spiro atoms. The molecule has 2 N–H and O–H groups in total. The van der Waals surface area contributed by atoms with Gasteiger partial charge in [-0.25, -0.2) is 0 Å². The first-order chi connectivity index (χ1) is 8.06. The highest BCUT2D eigenvalue weighted by molar-refractivity contribution is 5.44. The van der Waals surface area contributed by atoms with Crippen LogP contribution in [0.4, 0.5) is 5.69 Å². The van der Waals surface area contributed by atoms with Crippen LogP contribution in [0.1, 0.15) is 16.7 Å². The van der Waals surface area contributed by atoms with Crippen molar-refractivity contribution in [2.75, 3.05) is 5.32 Å². The number of hydrogen-bond donors (Lipinski definition) is 2. The molecule has 4 nitrogen and oxygen atoms in total. The van der Waals surface area contributed by atoms with Crippen LogP contribution < -0.4 is 5.32 Å². The Bertz CT molecular complexity index is 508. The van der Waals surface area contributed by atoms with Crippen LogP contribution >= 0.6 is 0 Å². The Morgan fingerprint density at radius 1 is 1.29 bits per heavy atom. The van der Waals surface area contributed by atoms with Crippen molar-refractivity contribution in [3.63, 3.8) is 0 Å². The molecule has 17 heavy (non-hydrogen) atoms. The third-order valence-corrected chi connectivity index (χ3v) is 2.75. The van der Waals surface area contributed by atoms with Gasteiger partial charge in [-0.1, -0.05) is 12.1 Å². The number of aromatic nitrogens is 2. The monoisotopic (exact) mass is 231 g/mol. The smallest absolute Gasteiger partial charge is 0.121 e. The summed E-state index contributed by atoms with van der Waals surface area (Å²) < 4.78 is 1.76. The first-order valence-electron chi connectivity index (χ1n) is 5.58. The number of nitrogens with one attached hydrogen (secondary N) is 1. The predicted molar refractivity (Wildman–Crippen MR) is 68.1 cm³/mol. The van der Waals surface area contributed by atoms with Crippen molar-refractivity contribution in [3.05, 3.63) is 41.2 Å². The van der Waals surface area contributed by atoms with E-state index in [9.17, 15) is 5.11 Å². The molecule has 0 atom stereocenters.